The van der Waals surface area contributed by atoms with Gasteiger partial charge in [0.1, 0.15) is 29.6 Å². The number of rotatable bonds is 5. The number of benzene rings is 1. The molecule has 2 N–H and O–H groups in total. The molecule has 1 spiro atoms. The number of fused-ring (bicyclic) bond motifs is 2. The molecule has 0 aromatic heterocycles. The average molecular weight is 393 g/mol. The maximum absolute atomic E-state index is 13.7. The van der Waals surface area contributed by atoms with E-state index in [0.29, 0.717) is 11.3 Å². The highest BCUT2D eigenvalue weighted by molar-refractivity contribution is 6.18. The number of carbonyl (C=O) groups is 2. The third-order valence-electron chi connectivity index (χ3n) is 4.86. The van der Waals surface area contributed by atoms with Gasteiger partial charge >= 0.3 is 5.97 Å². The van der Waals surface area contributed by atoms with Crippen LogP contribution < -0.4 is 10.6 Å². The fourth-order valence-corrected chi connectivity index (χ4v) is 3.75. The van der Waals surface area contributed by atoms with Crippen molar-refractivity contribution in [1.29, 1.82) is 5.26 Å². The molecule has 0 aliphatic carbocycles. The van der Waals surface area contributed by atoms with Crippen LogP contribution in [0.15, 0.2) is 47.1 Å². The van der Waals surface area contributed by atoms with E-state index in [1.807, 2.05) is 6.07 Å². The summed E-state index contributed by atoms with van der Waals surface area (Å²) in [7, 11) is 1.47. The third kappa shape index (κ3) is 2.82. The number of anilines is 1. The number of esters is 1. The molecule has 0 saturated carbocycles. The standard InChI is InChI=1S/C21H19N3O5/c1-4-9-24-16-8-6-5-7-14(16)21(20(24)26)15(12-22)18(23)29-13(2)17(21)19(25)28-11-10-27-3/h1,5-8H,9-11,23H2,2-3H3/t21-/m1/s1. The van der Waals surface area contributed by atoms with Gasteiger partial charge in [0.2, 0.25) is 11.8 Å². The summed E-state index contributed by atoms with van der Waals surface area (Å²) >= 11 is 0. The SMILES string of the molecule is C#CCN1C(=O)[C@@]2(C(C#N)=C(N)OC(C)=C2C(=O)OCCOC)c2ccccc21. The second-order valence-corrected chi connectivity index (χ2v) is 6.38. The molecular formula is C21H19N3O5. The molecule has 0 unspecified atom stereocenters. The highest BCUT2D eigenvalue weighted by Crippen LogP contribution is 2.53. The van der Waals surface area contributed by atoms with Crippen LogP contribution >= 0.6 is 0 Å². The van der Waals surface area contributed by atoms with Gasteiger partial charge in [0.25, 0.3) is 0 Å². The van der Waals surface area contributed by atoms with Crippen LogP contribution in [0.2, 0.25) is 0 Å². The van der Waals surface area contributed by atoms with Gasteiger partial charge in [-0.2, -0.15) is 5.26 Å². The van der Waals surface area contributed by atoms with Gasteiger partial charge in [0, 0.05) is 18.4 Å². The molecule has 3 rings (SSSR count). The zero-order valence-corrected chi connectivity index (χ0v) is 16.0. The van der Waals surface area contributed by atoms with Crippen molar-refractivity contribution in [2.24, 2.45) is 5.73 Å². The maximum Gasteiger partial charge on any atom is 0.339 e. The van der Waals surface area contributed by atoms with Crippen molar-refractivity contribution < 1.29 is 23.8 Å². The predicted octanol–water partition coefficient (Wildman–Crippen LogP) is 1.09. The Hall–Kier alpha value is -3.75. The number of amides is 1. The van der Waals surface area contributed by atoms with E-state index in [0.717, 1.165) is 0 Å². The van der Waals surface area contributed by atoms with Crippen LogP contribution in [0.5, 0.6) is 0 Å². The van der Waals surface area contributed by atoms with Gasteiger partial charge < -0.3 is 19.9 Å². The summed E-state index contributed by atoms with van der Waals surface area (Å²) in [5, 5.41) is 9.87. The summed E-state index contributed by atoms with van der Waals surface area (Å²) in [4.78, 5) is 28.1. The van der Waals surface area contributed by atoms with Gasteiger partial charge in [-0.1, -0.05) is 24.1 Å². The van der Waals surface area contributed by atoms with Gasteiger partial charge in [-0.15, -0.1) is 6.42 Å². The number of carbonyl (C=O) groups excluding carboxylic acids is 2. The van der Waals surface area contributed by atoms with Crippen molar-refractivity contribution in [2.45, 2.75) is 12.3 Å². The number of terminal acetylenes is 1. The molecule has 29 heavy (non-hydrogen) atoms. The number of allylic oxidation sites excluding steroid dienone is 1. The number of methoxy groups -OCH3 is 1. The molecular weight excluding hydrogens is 374 g/mol. The van der Waals surface area contributed by atoms with Crippen LogP contribution in [0.25, 0.3) is 0 Å². The number of hydrogen-bond acceptors (Lipinski definition) is 7. The minimum Gasteiger partial charge on any atom is -0.460 e. The summed E-state index contributed by atoms with van der Waals surface area (Å²) in [6.45, 7) is 1.59. The lowest BCUT2D eigenvalue weighted by atomic mass is 9.68. The molecule has 0 saturated heterocycles. The van der Waals surface area contributed by atoms with Gasteiger partial charge in [-0.25, -0.2) is 4.79 Å². The average Bonchev–Trinajstić information content (AvgIpc) is 2.92. The van der Waals surface area contributed by atoms with Crippen LogP contribution in [0, 0.1) is 23.7 Å². The smallest absolute Gasteiger partial charge is 0.339 e. The first-order chi connectivity index (χ1) is 13.9. The van der Waals surface area contributed by atoms with Crippen molar-refractivity contribution in [3.8, 4) is 18.4 Å². The summed E-state index contributed by atoms with van der Waals surface area (Å²) in [6.07, 6.45) is 5.46. The predicted molar refractivity (Wildman–Crippen MR) is 103 cm³/mol. The zero-order valence-electron chi connectivity index (χ0n) is 16.0. The molecule has 2 heterocycles. The van der Waals surface area contributed by atoms with E-state index >= 15 is 0 Å². The number of nitrogens with zero attached hydrogens (tertiary/aromatic N) is 2. The number of hydrogen-bond donors (Lipinski definition) is 1. The molecule has 8 nitrogen and oxygen atoms in total. The van der Waals surface area contributed by atoms with E-state index in [2.05, 4.69) is 5.92 Å². The summed E-state index contributed by atoms with van der Waals surface area (Å²) < 4.78 is 15.6. The Morgan fingerprint density at radius 2 is 2.10 bits per heavy atom. The number of para-hydroxylation sites is 1. The second-order valence-electron chi connectivity index (χ2n) is 6.38. The fraction of sp³-hybridized carbons (Fsp3) is 0.286. The second kappa shape index (κ2) is 7.70. The zero-order chi connectivity index (χ0) is 21.2. The molecule has 8 heteroatoms. The van der Waals surface area contributed by atoms with Crippen molar-refractivity contribution in [3.05, 3.63) is 52.6 Å². The molecule has 1 aromatic rings. The Labute approximate surface area is 168 Å². The first-order valence-corrected chi connectivity index (χ1v) is 8.75. The maximum atomic E-state index is 13.7. The van der Waals surface area contributed by atoms with Gasteiger partial charge in [0.15, 0.2) is 5.41 Å². The quantitative estimate of drug-likeness (QED) is 0.452. The van der Waals surface area contributed by atoms with Crippen molar-refractivity contribution in [1.82, 2.24) is 0 Å². The molecule has 1 aromatic carbocycles. The van der Waals surface area contributed by atoms with E-state index in [-0.39, 0.29) is 42.5 Å². The molecule has 0 radical (unpaired) electrons. The first-order valence-electron chi connectivity index (χ1n) is 8.75. The first kappa shape index (κ1) is 20.0. The van der Waals surface area contributed by atoms with Crippen LogP contribution in [0.3, 0.4) is 0 Å². The Morgan fingerprint density at radius 3 is 2.76 bits per heavy atom. The van der Waals surface area contributed by atoms with Crippen molar-refractivity contribution in [2.75, 3.05) is 31.8 Å². The van der Waals surface area contributed by atoms with Crippen LogP contribution in [0.4, 0.5) is 5.69 Å². The van der Waals surface area contributed by atoms with Gasteiger partial charge in [-0.3, -0.25) is 9.69 Å². The Morgan fingerprint density at radius 1 is 1.38 bits per heavy atom. The largest absolute Gasteiger partial charge is 0.460 e. The van der Waals surface area contributed by atoms with Crippen molar-refractivity contribution >= 4 is 17.6 Å². The lowest BCUT2D eigenvalue weighted by Crippen LogP contribution is -2.48. The topological polar surface area (TPSA) is 115 Å². The summed E-state index contributed by atoms with van der Waals surface area (Å²) in [5.74, 6) is 0.913. The summed E-state index contributed by atoms with van der Waals surface area (Å²) in [6, 6.07) is 8.76. The van der Waals surface area contributed by atoms with Crippen LogP contribution in [-0.2, 0) is 29.2 Å². The lowest BCUT2D eigenvalue weighted by molar-refractivity contribution is -0.142. The molecule has 1 atom stereocenters. The van der Waals surface area contributed by atoms with E-state index < -0.39 is 17.3 Å². The Bertz CT molecular complexity index is 1030. The van der Waals surface area contributed by atoms with Crippen LogP contribution in [0.1, 0.15) is 12.5 Å². The molecule has 1 amide bonds. The van der Waals surface area contributed by atoms with Crippen molar-refractivity contribution in [3.63, 3.8) is 0 Å². The molecule has 148 valence electrons. The van der Waals surface area contributed by atoms with E-state index in [4.69, 9.17) is 26.4 Å². The van der Waals surface area contributed by atoms with Gasteiger partial charge in [0.05, 0.1) is 13.2 Å². The van der Waals surface area contributed by atoms with E-state index in [9.17, 15) is 14.9 Å². The van der Waals surface area contributed by atoms with E-state index in [1.54, 1.807) is 24.3 Å². The highest BCUT2D eigenvalue weighted by atomic mass is 16.6. The lowest BCUT2D eigenvalue weighted by Gasteiger charge is -2.34. The van der Waals surface area contributed by atoms with Crippen LogP contribution in [-0.4, -0.2) is 38.7 Å². The van der Waals surface area contributed by atoms with E-state index in [1.165, 1.54) is 18.9 Å². The molecule has 2 aliphatic rings. The molecule has 0 bridgehead atoms. The normalized spacial score (nSPS) is 20.3. The van der Waals surface area contributed by atoms with Gasteiger partial charge in [-0.05, 0) is 13.0 Å². The molecule has 0 fully saturated rings. The number of ether oxygens (including phenoxy) is 3. The third-order valence-corrected chi connectivity index (χ3v) is 4.86. The number of nitrogens with two attached hydrogens (primary N) is 1. The molecule has 2 aliphatic heterocycles. The summed E-state index contributed by atoms with van der Waals surface area (Å²) in [5.41, 5.74) is 4.81. The monoisotopic (exact) mass is 393 g/mol. The number of nitriles is 1. The highest BCUT2D eigenvalue weighted by Gasteiger charge is 2.62. The Balaban J connectivity index is 2.30. The fourth-order valence-electron chi connectivity index (χ4n) is 3.75. The minimum atomic E-state index is -1.79. The Kier molecular flexibility index (Phi) is 5.31. The minimum absolute atomic E-state index is 0.0345.